The summed E-state index contributed by atoms with van der Waals surface area (Å²) in [5.74, 6) is -0.424. The number of hydrogen-bond donors (Lipinski definition) is 1. The molecule has 0 fully saturated rings. The maximum Gasteiger partial charge on any atom is 0.281 e. The second-order valence-corrected chi connectivity index (χ2v) is 4.94. The lowest BCUT2D eigenvalue weighted by Gasteiger charge is -2.03. The van der Waals surface area contributed by atoms with Crippen LogP contribution in [0.5, 0.6) is 0 Å². The first-order valence-corrected chi connectivity index (χ1v) is 6.18. The molecule has 0 radical (unpaired) electrons. The summed E-state index contributed by atoms with van der Waals surface area (Å²) in [7, 11) is 0. The van der Waals surface area contributed by atoms with E-state index in [-0.39, 0.29) is 5.69 Å². The van der Waals surface area contributed by atoms with E-state index in [1.807, 2.05) is 0 Å². The Morgan fingerprint density at radius 3 is 2.65 bits per heavy atom. The summed E-state index contributed by atoms with van der Waals surface area (Å²) in [5.41, 5.74) is 0.167. The van der Waals surface area contributed by atoms with E-state index < -0.39 is 12.2 Å². The van der Waals surface area contributed by atoms with E-state index in [2.05, 4.69) is 26.2 Å². The van der Waals surface area contributed by atoms with Crippen molar-refractivity contribution in [2.45, 2.75) is 6.43 Å². The predicted octanol–water partition coefficient (Wildman–Crippen LogP) is 4.73. The first kappa shape index (κ1) is 12.4. The monoisotopic (exact) mass is 322 g/mol. The highest BCUT2D eigenvalue weighted by Crippen LogP contribution is 2.27. The zero-order valence-electron chi connectivity index (χ0n) is 8.25. The van der Waals surface area contributed by atoms with Gasteiger partial charge in [-0.1, -0.05) is 15.9 Å². The summed E-state index contributed by atoms with van der Waals surface area (Å²) < 4.78 is 38.2. The van der Waals surface area contributed by atoms with Crippen LogP contribution in [0.1, 0.15) is 12.1 Å². The Morgan fingerprint density at radius 2 is 2.06 bits per heavy atom. The van der Waals surface area contributed by atoms with Crippen molar-refractivity contribution in [1.29, 1.82) is 0 Å². The molecule has 0 aliphatic rings. The second kappa shape index (κ2) is 5.05. The average molecular weight is 323 g/mol. The van der Waals surface area contributed by atoms with Crippen LogP contribution < -0.4 is 5.32 Å². The summed E-state index contributed by atoms with van der Waals surface area (Å²) >= 11 is 4.18. The summed E-state index contributed by atoms with van der Waals surface area (Å²) in [6.45, 7) is 0. The van der Waals surface area contributed by atoms with Crippen molar-refractivity contribution in [2.24, 2.45) is 0 Å². The molecule has 0 amide bonds. The summed E-state index contributed by atoms with van der Waals surface area (Å²) in [6.07, 6.45) is -2.60. The number of thiazole rings is 1. The van der Waals surface area contributed by atoms with Gasteiger partial charge in [-0.3, -0.25) is 0 Å². The van der Waals surface area contributed by atoms with E-state index in [0.717, 1.165) is 11.3 Å². The van der Waals surface area contributed by atoms with Crippen LogP contribution in [0.25, 0.3) is 0 Å². The van der Waals surface area contributed by atoms with Crippen LogP contribution in [-0.2, 0) is 0 Å². The van der Waals surface area contributed by atoms with Gasteiger partial charge in [-0.05, 0) is 18.2 Å². The molecule has 2 nitrogen and oxygen atoms in total. The number of benzene rings is 1. The summed E-state index contributed by atoms with van der Waals surface area (Å²) in [4.78, 5) is 3.68. The zero-order chi connectivity index (χ0) is 12.4. The molecule has 0 saturated heterocycles. The van der Waals surface area contributed by atoms with Crippen LogP contribution in [0, 0.1) is 5.82 Å². The Bertz CT molecular complexity index is 510. The number of halogens is 4. The molecule has 0 aliphatic heterocycles. The number of aromatic nitrogens is 1. The molecular weight excluding hydrogens is 317 g/mol. The van der Waals surface area contributed by atoms with E-state index in [1.165, 1.54) is 17.5 Å². The van der Waals surface area contributed by atoms with Gasteiger partial charge in [-0.25, -0.2) is 18.2 Å². The quantitative estimate of drug-likeness (QED) is 0.883. The Labute approximate surface area is 108 Å². The molecule has 2 rings (SSSR count). The van der Waals surface area contributed by atoms with Gasteiger partial charge < -0.3 is 5.32 Å². The summed E-state index contributed by atoms with van der Waals surface area (Å²) in [5, 5.41) is 4.33. The summed E-state index contributed by atoms with van der Waals surface area (Å²) in [6, 6.07) is 4.19. The van der Waals surface area contributed by atoms with Crippen molar-refractivity contribution in [1.82, 2.24) is 4.98 Å². The Morgan fingerprint density at radius 1 is 1.29 bits per heavy atom. The van der Waals surface area contributed by atoms with Crippen LogP contribution in [0.3, 0.4) is 0 Å². The lowest BCUT2D eigenvalue weighted by atomic mass is 10.3. The van der Waals surface area contributed by atoms with Gasteiger partial charge in [0.15, 0.2) is 5.13 Å². The lowest BCUT2D eigenvalue weighted by Crippen LogP contribution is -1.92. The Balaban J connectivity index is 2.19. The highest BCUT2D eigenvalue weighted by Gasteiger charge is 2.12. The predicted molar refractivity (Wildman–Crippen MR) is 64.5 cm³/mol. The second-order valence-electron chi connectivity index (χ2n) is 3.16. The van der Waals surface area contributed by atoms with Crippen LogP contribution in [0.15, 0.2) is 28.1 Å². The molecule has 0 atom stereocenters. The van der Waals surface area contributed by atoms with Crippen molar-refractivity contribution in [3.05, 3.63) is 39.6 Å². The van der Waals surface area contributed by atoms with Gasteiger partial charge in [0.1, 0.15) is 11.5 Å². The fraction of sp³-hybridized carbons (Fsp3) is 0.100. The molecule has 17 heavy (non-hydrogen) atoms. The van der Waals surface area contributed by atoms with E-state index in [4.69, 9.17) is 0 Å². The number of rotatable bonds is 3. The lowest BCUT2D eigenvalue weighted by molar-refractivity contribution is 0.147. The molecule has 0 spiro atoms. The van der Waals surface area contributed by atoms with E-state index in [0.29, 0.717) is 15.3 Å². The molecule has 90 valence electrons. The third-order valence-electron chi connectivity index (χ3n) is 1.86. The Kier molecular flexibility index (Phi) is 3.68. The zero-order valence-corrected chi connectivity index (χ0v) is 10.7. The number of hydrogen-bond acceptors (Lipinski definition) is 3. The van der Waals surface area contributed by atoms with Gasteiger partial charge in [0, 0.05) is 15.5 Å². The molecule has 1 aromatic heterocycles. The molecular formula is C10H6BrF3N2S. The van der Waals surface area contributed by atoms with Crippen LogP contribution >= 0.6 is 27.3 Å². The van der Waals surface area contributed by atoms with E-state index in [1.54, 1.807) is 6.07 Å². The molecule has 0 unspecified atom stereocenters. The van der Waals surface area contributed by atoms with Gasteiger partial charge in [0.2, 0.25) is 0 Å². The standard InChI is InChI=1S/C10H6BrF3N2S/c11-5-1-6(12)3-7(2-5)15-10-16-8(4-17-10)9(13)14/h1-4,9H,(H,15,16). The van der Waals surface area contributed by atoms with Gasteiger partial charge in [-0.15, -0.1) is 11.3 Å². The fourth-order valence-electron chi connectivity index (χ4n) is 1.19. The van der Waals surface area contributed by atoms with Crippen LogP contribution in [0.4, 0.5) is 24.0 Å². The van der Waals surface area contributed by atoms with Crippen molar-refractivity contribution in [3.8, 4) is 0 Å². The largest absolute Gasteiger partial charge is 0.331 e. The van der Waals surface area contributed by atoms with Crippen molar-refractivity contribution < 1.29 is 13.2 Å². The average Bonchev–Trinajstić information content (AvgIpc) is 2.64. The topological polar surface area (TPSA) is 24.9 Å². The maximum absolute atomic E-state index is 13.1. The smallest absolute Gasteiger partial charge is 0.281 e. The Hall–Kier alpha value is -1.08. The molecule has 0 aliphatic carbocycles. The molecule has 0 bridgehead atoms. The van der Waals surface area contributed by atoms with E-state index in [9.17, 15) is 13.2 Å². The minimum atomic E-state index is -2.60. The fourth-order valence-corrected chi connectivity index (χ4v) is 2.38. The molecule has 1 N–H and O–H groups in total. The molecule has 1 aromatic carbocycles. The van der Waals surface area contributed by atoms with Crippen molar-refractivity contribution in [2.75, 3.05) is 5.32 Å². The number of anilines is 2. The molecule has 7 heteroatoms. The highest BCUT2D eigenvalue weighted by atomic mass is 79.9. The van der Waals surface area contributed by atoms with Gasteiger partial charge in [0.05, 0.1) is 0 Å². The number of alkyl halides is 2. The molecule has 1 heterocycles. The molecule has 0 saturated carbocycles. The number of nitrogens with one attached hydrogen (secondary N) is 1. The molecule has 2 aromatic rings. The SMILES string of the molecule is Fc1cc(Br)cc(Nc2nc(C(F)F)cs2)c1. The van der Waals surface area contributed by atoms with Crippen LogP contribution in [-0.4, -0.2) is 4.98 Å². The highest BCUT2D eigenvalue weighted by molar-refractivity contribution is 9.10. The maximum atomic E-state index is 13.1. The van der Waals surface area contributed by atoms with Gasteiger partial charge in [-0.2, -0.15) is 0 Å². The first-order valence-electron chi connectivity index (χ1n) is 4.51. The minimum absolute atomic E-state index is 0.284. The van der Waals surface area contributed by atoms with Gasteiger partial charge >= 0.3 is 0 Å². The van der Waals surface area contributed by atoms with Crippen molar-refractivity contribution >= 4 is 38.1 Å². The van der Waals surface area contributed by atoms with Crippen LogP contribution in [0.2, 0.25) is 0 Å². The normalized spacial score (nSPS) is 10.9. The first-order chi connectivity index (χ1) is 8.04. The third kappa shape index (κ3) is 3.19. The number of nitrogens with zero attached hydrogens (tertiary/aromatic N) is 1. The third-order valence-corrected chi connectivity index (χ3v) is 3.09. The van der Waals surface area contributed by atoms with E-state index >= 15 is 0 Å². The van der Waals surface area contributed by atoms with Crippen molar-refractivity contribution in [3.63, 3.8) is 0 Å². The minimum Gasteiger partial charge on any atom is -0.331 e. The van der Waals surface area contributed by atoms with Gasteiger partial charge in [0.25, 0.3) is 6.43 Å².